The van der Waals surface area contributed by atoms with Crippen LogP contribution in [-0.2, 0) is 6.54 Å². The van der Waals surface area contributed by atoms with Crippen molar-refractivity contribution in [1.82, 2.24) is 9.80 Å². The molecule has 1 aliphatic rings. The third-order valence-electron chi connectivity index (χ3n) is 5.31. The Balaban J connectivity index is 1.23. The number of benzene rings is 2. The number of ketones is 1. The Morgan fingerprint density at radius 3 is 2.14 bits per heavy atom. The molecular formula is C24H26N2OS. The van der Waals surface area contributed by atoms with Gasteiger partial charge >= 0.3 is 0 Å². The zero-order valence-electron chi connectivity index (χ0n) is 16.1. The molecule has 4 heteroatoms. The third-order valence-corrected chi connectivity index (χ3v) is 6.48. The van der Waals surface area contributed by atoms with Gasteiger partial charge in [-0.3, -0.25) is 9.69 Å². The van der Waals surface area contributed by atoms with E-state index in [1.807, 2.05) is 24.3 Å². The first kappa shape index (κ1) is 19.1. The maximum absolute atomic E-state index is 12.6. The standard InChI is InChI=1S/C24H26N2OS/c27-22(24-12-11-23(28-24)21-9-5-2-6-10-21)13-14-25-15-17-26(18-16-25)19-20-7-3-1-4-8-20/h1-12H,13-19H2. The fourth-order valence-electron chi connectivity index (χ4n) is 3.64. The Morgan fingerprint density at radius 2 is 1.43 bits per heavy atom. The topological polar surface area (TPSA) is 23.6 Å². The van der Waals surface area contributed by atoms with E-state index in [1.165, 1.54) is 16.0 Å². The van der Waals surface area contributed by atoms with Gasteiger partial charge in [-0.2, -0.15) is 0 Å². The predicted octanol–water partition coefficient (Wildman–Crippen LogP) is 4.81. The van der Waals surface area contributed by atoms with Crippen LogP contribution in [0.1, 0.15) is 21.7 Å². The van der Waals surface area contributed by atoms with Crippen LogP contribution in [0.3, 0.4) is 0 Å². The lowest BCUT2D eigenvalue weighted by Crippen LogP contribution is -2.46. The van der Waals surface area contributed by atoms with Crippen LogP contribution < -0.4 is 0 Å². The Kier molecular flexibility index (Phi) is 6.32. The van der Waals surface area contributed by atoms with Gasteiger partial charge in [0.1, 0.15) is 0 Å². The average Bonchev–Trinajstić information content (AvgIpc) is 3.25. The normalized spacial score (nSPS) is 15.6. The van der Waals surface area contributed by atoms with Crippen LogP contribution in [0, 0.1) is 0 Å². The van der Waals surface area contributed by atoms with Crippen LogP contribution in [-0.4, -0.2) is 48.3 Å². The van der Waals surface area contributed by atoms with Crippen LogP contribution in [0.25, 0.3) is 10.4 Å². The summed E-state index contributed by atoms with van der Waals surface area (Å²) in [5.41, 5.74) is 2.55. The monoisotopic (exact) mass is 390 g/mol. The number of hydrogen-bond acceptors (Lipinski definition) is 4. The summed E-state index contributed by atoms with van der Waals surface area (Å²) in [7, 11) is 0. The minimum Gasteiger partial charge on any atom is -0.300 e. The van der Waals surface area contributed by atoms with Gasteiger partial charge in [0.05, 0.1) is 4.88 Å². The van der Waals surface area contributed by atoms with Gasteiger partial charge in [0, 0.05) is 50.6 Å². The van der Waals surface area contributed by atoms with E-state index in [0.717, 1.165) is 44.1 Å². The molecule has 1 aromatic heterocycles. The SMILES string of the molecule is O=C(CCN1CCN(Cc2ccccc2)CC1)c1ccc(-c2ccccc2)s1. The molecule has 0 spiro atoms. The number of thiophene rings is 1. The quantitative estimate of drug-likeness (QED) is 0.541. The van der Waals surface area contributed by atoms with Crippen molar-refractivity contribution in [2.45, 2.75) is 13.0 Å². The summed E-state index contributed by atoms with van der Waals surface area (Å²) in [6.07, 6.45) is 0.605. The maximum Gasteiger partial charge on any atom is 0.174 e. The molecule has 144 valence electrons. The molecule has 1 aliphatic heterocycles. The second-order valence-corrected chi connectivity index (χ2v) is 8.39. The van der Waals surface area contributed by atoms with Crippen LogP contribution in [0.15, 0.2) is 72.8 Å². The van der Waals surface area contributed by atoms with E-state index in [9.17, 15) is 4.79 Å². The molecule has 0 N–H and O–H groups in total. The van der Waals surface area contributed by atoms with Crippen molar-refractivity contribution in [2.24, 2.45) is 0 Å². The van der Waals surface area contributed by atoms with E-state index in [2.05, 4.69) is 58.3 Å². The summed E-state index contributed by atoms with van der Waals surface area (Å²) in [5.74, 6) is 0.263. The van der Waals surface area contributed by atoms with Crippen LogP contribution in [0.5, 0.6) is 0 Å². The first-order chi connectivity index (χ1) is 13.8. The summed E-state index contributed by atoms with van der Waals surface area (Å²) in [6.45, 7) is 6.10. The molecule has 0 bridgehead atoms. The van der Waals surface area contributed by atoms with E-state index in [0.29, 0.717) is 6.42 Å². The summed E-state index contributed by atoms with van der Waals surface area (Å²) in [6, 6.07) is 25.0. The second kappa shape index (κ2) is 9.28. The molecule has 3 nitrogen and oxygen atoms in total. The highest BCUT2D eigenvalue weighted by Gasteiger charge is 2.18. The van der Waals surface area contributed by atoms with Crippen LogP contribution >= 0.6 is 11.3 Å². The van der Waals surface area contributed by atoms with Gasteiger partial charge < -0.3 is 4.90 Å². The van der Waals surface area contributed by atoms with Gasteiger partial charge in [-0.1, -0.05) is 60.7 Å². The van der Waals surface area contributed by atoms with Crippen molar-refractivity contribution in [3.8, 4) is 10.4 Å². The van der Waals surface area contributed by atoms with E-state index in [4.69, 9.17) is 0 Å². The van der Waals surface area contributed by atoms with E-state index < -0.39 is 0 Å². The zero-order chi connectivity index (χ0) is 19.2. The summed E-state index contributed by atoms with van der Waals surface area (Å²) in [5, 5.41) is 0. The highest BCUT2D eigenvalue weighted by molar-refractivity contribution is 7.17. The van der Waals surface area contributed by atoms with Crippen molar-refractivity contribution >= 4 is 17.1 Å². The molecule has 0 amide bonds. The van der Waals surface area contributed by atoms with E-state index >= 15 is 0 Å². The Hall–Kier alpha value is -2.27. The number of nitrogens with zero attached hydrogens (tertiary/aromatic N) is 2. The van der Waals surface area contributed by atoms with Crippen LogP contribution in [0.4, 0.5) is 0 Å². The number of piperazine rings is 1. The van der Waals surface area contributed by atoms with Gasteiger partial charge in [-0.05, 0) is 23.3 Å². The Morgan fingerprint density at radius 1 is 0.786 bits per heavy atom. The molecule has 1 saturated heterocycles. The van der Waals surface area contributed by atoms with Gasteiger partial charge in [-0.15, -0.1) is 11.3 Å². The van der Waals surface area contributed by atoms with Crippen molar-refractivity contribution < 1.29 is 4.79 Å². The van der Waals surface area contributed by atoms with Gasteiger partial charge in [0.2, 0.25) is 0 Å². The first-order valence-corrected chi connectivity index (χ1v) is 10.8. The van der Waals surface area contributed by atoms with Crippen LogP contribution in [0.2, 0.25) is 0 Å². The lowest BCUT2D eigenvalue weighted by molar-refractivity contribution is 0.0926. The Labute approximate surface area is 171 Å². The molecule has 28 heavy (non-hydrogen) atoms. The molecule has 0 radical (unpaired) electrons. The molecule has 0 aliphatic carbocycles. The lowest BCUT2D eigenvalue weighted by atomic mass is 10.1. The van der Waals surface area contributed by atoms with Gasteiger partial charge in [0.15, 0.2) is 5.78 Å². The van der Waals surface area contributed by atoms with E-state index in [-0.39, 0.29) is 5.78 Å². The molecule has 0 saturated carbocycles. The third kappa shape index (κ3) is 4.96. The Bertz CT molecular complexity index is 883. The number of rotatable bonds is 7. The second-order valence-electron chi connectivity index (χ2n) is 7.31. The number of Topliss-reactive ketones (excluding diaryl/α,β-unsaturated/α-hetero) is 1. The predicted molar refractivity (Wildman–Crippen MR) is 117 cm³/mol. The highest BCUT2D eigenvalue weighted by atomic mass is 32.1. The highest BCUT2D eigenvalue weighted by Crippen LogP contribution is 2.28. The summed E-state index contributed by atoms with van der Waals surface area (Å²) in [4.78, 5) is 19.6. The molecule has 2 heterocycles. The zero-order valence-corrected chi connectivity index (χ0v) is 16.9. The number of carbonyl (C=O) groups excluding carboxylic acids is 1. The first-order valence-electron chi connectivity index (χ1n) is 9.95. The number of carbonyl (C=O) groups is 1. The minimum absolute atomic E-state index is 0.263. The fraction of sp³-hybridized carbons (Fsp3) is 0.292. The van der Waals surface area contributed by atoms with Crippen molar-refractivity contribution in [2.75, 3.05) is 32.7 Å². The van der Waals surface area contributed by atoms with Crippen molar-refractivity contribution in [3.63, 3.8) is 0 Å². The van der Waals surface area contributed by atoms with Gasteiger partial charge in [-0.25, -0.2) is 0 Å². The lowest BCUT2D eigenvalue weighted by Gasteiger charge is -2.34. The molecule has 3 aromatic rings. The summed E-state index contributed by atoms with van der Waals surface area (Å²) >= 11 is 1.61. The minimum atomic E-state index is 0.263. The molecule has 4 rings (SSSR count). The smallest absolute Gasteiger partial charge is 0.174 e. The molecule has 1 fully saturated rings. The van der Waals surface area contributed by atoms with Crippen molar-refractivity contribution in [1.29, 1.82) is 0 Å². The van der Waals surface area contributed by atoms with E-state index in [1.54, 1.807) is 11.3 Å². The molecule has 0 unspecified atom stereocenters. The molecule has 0 atom stereocenters. The van der Waals surface area contributed by atoms with Gasteiger partial charge in [0.25, 0.3) is 0 Å². The molecule has 2 aromatic carbocycles. The largest absolute Gasteiger partial charge is 0.300 e. The fourth-order valence-corrected chi connectivity index (χ4v) is 4.62. The average molecular weight is 391 g/mol. The maximum atomic E-state index is 12.6. The number of hydrogen-bond donors (Lipinski definition) is 0. The van der Waals surface area contributed by atoms with Crippen molar-refractivity contribution in [3.05, 3.63) is 83.2 Å². The molecular weight excluding hydrogens is 364 g/mol. The summed E-state index contributed by atoms with van der Waals surface area (Å²) < 4.78 is 0.